The first-order valence-electron chi connectivity index (χ1n) is 9.95. The number of hydrogen-bond acceptors (Lipinski definition) is 5. The maximum Gasteiger partial charge on any atom is 0.316 e. The van der Waals surface area contributed by atoms with Gasteiger partial charge in [-0.25, -0.2) is 0 Å². The summed E-state index contributed by atoms with van der Waals surface area (Å²) in [7, 11) is 0. The van der Waals surface area contributed by atoms with E-state index in [0.29, 0.717) is 23.1 Å². The Morgan fingerprint density at radius 3 is 2.69 bits per heavy atom. The van der Waals surface area contributed by atoms with Crippen molar-refractivity contribution in [3.63, 3.8) is 0 Å². The zero-order valence-corrected chi connectivity index (χ0v) is 18.3. The van der Waals surface area contributed by atoms with Gasteiger partial charge in [-0.15, -0.1) is 0 Å². The van der Waals surface area contributed by atoms with Gasteiger partial charge < -0.3 is 14.2 Å². The van der Waals surface area contributed by atoms with E-state index in [2.05, 4.69) is 16.9 Å². The second kappa shape index (κ2) is 8.20. The lowest BCUT2D eigenvalue weighted by atomic mass is 10.1. The SMILES string of the molecule is C[S+]([O-])C1CCN(c2cnn(-c3cccc(Cl)c3)c(=O)c2OCC2(C)CC2)CC1. The van der Waals surface area contributed by atoms with Crippen LogP contribution in [0.15, 0.2) is 35.3 Å². The number of anilines is 1. The highest BCUT2D eigenvalue weighted by atomic mass is 35.5. The fraction of sp³-hybridized carbons (Fsp3) is 0.524. The molecule has 1 aromatic carbocycles. The van der Waals surface area contributed by atoms with Crippen molar-refractivity contribution in [1.82, 2.24) is 9.78 Å². The summed E-state index contributed by atoms with van der Waals surface area (Å²) >= 11 is 5.28. The molecular formula is C21H26ClN3O3S. The molecule has 1 saturated heterocycles. The van der Waals surface area contributed by atoms with Gasteiger partial charge in [0.15, 0.2) is 0 Å². The van der Waals surface area contributed by atoms with Crippen LogP contribution in [0.25, 0.3) is 5.69 Å². The molecule has 4 rings (SSSR count). The average molecular weight is 436 g/mol. The fourth-order valence-corrected chi connectivity index (χ4v) is 4.67. The Kier molecular flexibility index (Phi) is 5.82. The highest BCUT2D eigenvalue weighted by molar-refractivity contribution is 7.91. The monoisotopic (exact) mass is 435 g/mol. The van der Waals surface area contributed by atoms with Crippen LogP contribution in [0.2, 0.25) is 5.02 Å². The van der Waals surface area contributed by atoms with Crippen LogP contribution >= 0.6 is 11.6 Å². The van der Waals surface area contributed by atoms with Gasteiger partial charge in [-0.3, -0.25) is 4.79 Å². The molecule has 1 aliphatic carbocycles. The van der Waals surface area contributed by atoms with E-state index in [4.69, 9.17) is 16.3 Å². The van der Waals surface area contributed by atoms with Crippen LogP contribution in [-0.2, 0) is 11.2 Å². The summed E-state index contributed by atoms with van der Waals surface area (Å²) in [5.41, 5.74) is 1.20. The molecule has 1 saturated carbocycles. The Hall–Kier alpha value is -1.70. The Balaban J connectivity index is 1.67. The third kappa shape index (κ3) is 4.57. The molecule has 1 aliphatic heterocycles. The van der Waals surface area contributed by atoms with Gasteiger partial charge in [0.2, 0.25) is 5.75 Å². The number of hydrogen-bond donors (Lipinski definition) is 0. The molecule has 6 nitrogen and oxygen atoms in total. The number of halogens is 1. The van der Waals surface area contributed by atoms with Crippen molar-refractivity contribution >= 4 is 28.5 Å². The van der Waals surface area contributed by atoms with E-state index in [1.807, 2.05) is 0 Å². The molecule has 0 amide bonds. The molecule has 0 radical (unpaired) electrons. The van der Waals surface area contributed by atoms with Crippen molar-refractivity contribution in [2.75, 3.05) is 30.9 Å². The van der Waals surface area contributed by atoms with Crippen molar-refractivity contribution in [2.45, 2.75) is 37.9 Å². The van der Waals surface area contributed by atoms with Crippen molar-refractivity contribution in [3.05, 3.63) is 45.8 Å². The Bertz CT molecular complexity index is 937. The summed E-state index contributed by atoms with van der Waals surface area (Å²) in [4.78, 5) is 15.4. The number of benzene rings is 1. The van der Waals surface area contributed by atoms with Gasteiger partial charge in [0.25, 0.3) is 0 Å². The fourth-order valence-electron chi connectivity index (χ4n) is 3.61. The summed E-state index contributed by atoms with van der Waals surface area (Å²) in [5.74, 6) is 0.337. The standard InChI is InChI=1S/C21H26ClN3O3S/c1-21(8-9-21)14-28-19-18(24-10-6-17(7-11-24)29(2)27)13-23-25(20(19)26)16-5-3-4-15(22)12-16/h3-5,12-13,17H,6-11,14H2,1-2H3. The van der Waals surface area contributed by atoms with Crippen molar-refractivity contribution in [1.29, 1.82) is 0 Å². The largest absolute Gasteiger partial charge is 0.616 e. The average Bonchev–Trinajstić information content (AvgIpc) is 3.44. The minimum absolute atomic E-state index is 0.153. The van der Waals surface area contributed by atoms with E-state index in [1.54, 1.807) is 36.7 Å². The highest BCUT2D eigenvalue weighted by Crippen LogP contribution is 2.45. The normalized spacial score (nSPS) is 19.8. The molecule has 8 heteroatoms. The zero-order valence-electron chi connectivity index (χ0n) is 16.8. The number of aromatic nitrogens is 2. The molecule has 156 valence electrons. The second-order valence-corrected chi connectivity index (χ2v) is 10.4. The summed E-state index contributed by atoms with van der Waals surface area (Å²) in [6.07, 6.45) is 7.36. The highest BCUT2D eigenvalue weighted by Gasteiger charge is 2.39. The maximum atomic E-state index is 13.3. The second-order valence-electron chi connectivity index (χ2n) is 8.34. The number of piperidine rings is 1. The van der Waals surface area contributed by atoms with Gasteiger partial charge in [-0.1, -0.05) is 35.8 Å². The minimum Gasteiger partial charge on any atom is -0.616 e. The van der Waals surface area contributed by atoms with Crippen LogP contribution in [0.3, 0.4) is 0 Å². The van der Waals surface area contributed by atoms with Gasteiger partial charge >= 0.3 is 5.56 Å². The predicted molar refractivity (Wildman–Crippen MR) is 117 cm³/mol. The molecule has 2 fully saturated rings. The molecule has 0 spiro atoms. The Morgan fingerprint density at radius 2 is 2.07 bits per heavy atom. The summed E-state index contributed by atoms with van der Waals surface area (Å²) in [5, 5.41) is 5.16. The van der Waals surface area contributed by atoms with Crippen LogP contribution in [0, 0.1) is 5.41 Å². The molecule has 1 unspecified atom stereocenters. The lowest BCUT2D eigenvalue weighted by Crippen LogP contribution is -2.40. The van der Waals surface area contributed by atoms with E-state index in [1.165, 1.54) is 4.68 Å². The summed E-state index contributed by atoms with van der Waals surface area (Å²) in [6.45, 7) is 4.16. The molecular weight excluding hydrogens is 410 g/mol. The molecule has 2 aliphatic rings. The minimum atomic E-state index is -0.823. The van der Waals surface area contributed by atoms with Crippen LogP contribution < -0.4 is 15.2 Å². The topological polar surface area (TPSA) is 70.4 Å². The lowest BCUT2D eigenvalue weighted by Gasteiger charge is -2.33. The zero-order chi connectivity index (χ0) is 20.6. The smallest absolute Gasteiger partial charge is 0.316 e. The van der Waals surface area contributed by atoms with Crippen molar-refractivity contribution in [3.8, 4) is 11.4 Å². The molecule has 1 atom stereocenters. The lowest BCUT2D eigenvalue weighted by molar-refractivity contribution is 0.243. The van der Waals surface area contributed by atoms with Crippen LogP contribution in [-0.4, -0.2) is 45.5 Å². The molecule has 2 heterocycles. The third-order valence-corrected chi connectivity index (χ3v) is 7.53. The number of ether oxygens (including phenoxy) is 1. The van der Waals surface area contributed by atoms with E-state index in [0.717, 1.165) is 44.5 Å². The maximum absolute atomic E-state index is 13.3. The van der Waals surface area contributed by atoms with E-state index in [9.17, 15) is 9.35 Å². The molecule has 1 aromatic heterocycles. The molecule has 0 N–H and O–H groups in total. The van der Waals surface area contributed by atoms with Gasteiger partial charge in [0, 0.05) is 36.4 Å². The Morgan fingerprint density at radius 1 is 1.34 bits per heavy atom. The van der Waals surface area contributed by atoms with E-state index >= 15 is 0 Å². The Labute approximate surface area is 179 Å². The molecule has 0 bridgehead atoms. The van der Waals surface area contributed by atoms with Gasteiger partial charge in [-0.05, 0) is 31.0 Å². The molecule has 2 aromatic rings. The van der Waals surface area contributed by atoms with Crippen molar-refractivity contribution in [2.24, 2.45) is 5.41 Å². The first-order chi connectivity index (χ1) is 13.9. The predicted octanol–water partition coefficient (Wildman–Crippen LogP) is 3.41. The first kappa shape index (κ1) is 20.6. The third-order valence-electron chi connectivity index (χ3n) is 5.89. The number of rotatable bonds is 6. The quantitative estimate of drug-likeness (QED) is 0.650. The summed E-state index contributed by atoms with van der Waals surface area (Å²) < 4.78 is 19.3. The van der Waals surface area contributed by atoms with E-state index in [-0.39, 0.29) is 16.2 Å². The summed E-state index contributed by atoms with van der Waals surface area (Å²) in [6, 6.07) is 7.07. The van der Waals surface area contributed by atoms with Crippen LogP contribution in [0.4, 0.5) is 5.69 Å². The molecule has 29 heavy (non-hydrogen) atoms. The van der Waals surface area contributed by atoms with Crippen LogP contribution in [0.1, 0.15) is 32.6 Å². The van der Waals surface area contributed by atoms with Gasteiger partial charge in [-0.2, -0.15) is 9.78 Å². The van der Waals surface area contributed by atoms with Crippen molar-refractivity contribution < 1.29 is 9.29 Å². The van der Waals surface area contributed by atoms with Gasteiger partial charge in [0.1, 0.15) is 10.9 Å². The van der Waals surface area contributed by atoms with Gasteiger partial charge in [0.05, 0.1) is 24.7 Å². The van der Waals surface area contributed by atoms with Crippen LogP contribution in [0.5, 0.6) is 5.75 Å². The number of nitrogens with zero attached hydrogens (tertiary/aromatic N) is 3. The first-order valence-corrected chi connectivity index (χ1v) is 11.9. The van der Waals surface area contributed by atoms with E-state index < -0.39 is 11.2 Å².